The summed E-state index contributed by atoms with van der Waals surface area (Å²) in [6.07, 6.45) is 0. The lowest BCUT2D eigenvalue weighted by Gasteiger charge is -2.04. The third-order valence-electron chi connectivity index (χ3n) is 2.41. The lowest BCUT2D eigenvalue weighted by molar-refractivity contribution is 0.0701. The minimum atomic E-state index is -0.849. The first kappa shape index (κ1) is 13.5. The van der Waals surface area contributed by atoms with Gasteiger partial charge in [-0.25, -0.2) is 4.79 Å². The maximum absolute atomic E-state index is 11.0. The van der Waals surface area contributed by atoms with E-state index < -0.39 is 5.97 Å². The van der Waals surface area contributed by atoms with Crippen LogP contribution in [0.1, 0.15) is 20.8 Å². The van der Waals surface area contributed by atoms with Crippen LogP contribution in [0.25, 0.3) is 0 Å². The molecule has 0 spiro atoms. The molecule has 0 aliphatic carbocycles. The van der Waals surface area contributed by atoms with Gasteiger partial charge in [-0.15, -0.1) is 11.3 Å². The maximum Gasteiger partial charge on any atom is 0.346 e. The Labute approximate surface area is 119 Å². The van der Waals surface area contributed by atoms with Crippen LogP contribution in [-0.4, -0.2) is 11.1 Å². The number of rotatable bonds is 5. The van der Waals surface area contributed by atoms with Crippen molar-refractivity contribution in [2.75, 3.05) is 0 Å². The number of hydrogen-bond donors (Lipinski definition) is 1. The van der Waals surface area contributed by atoms with E-state index in [1.807, 2.05) is 35.7 Å². The maximum atomic E-state index is 11.0. The van der Waals surface area contributed by atoms with Gasteiger partial charge in [-0.3, -0.25) is 0 Å². The van der Waals surface area contributed by atoms with Gasteiger partial charge in [0.1, 0.15) is 4.88 Å². The van der Waals surface area contributed by atoms with Crippen LogP contribution in [0.4, 0.5) is 0 Å². The first-order valence-electron chi connectivity index (χ1n) is 5.29. The molecule has 0 amide bonds. The highest BCUT2D eigenvalue weighted by Gasteiger charge is 2.11. The molecule has 0 unspecified atom stereocenters. The fraction of sp³-hybridized carbons (Fsp3) is 0.154. The van der Waals surface area contributed by atoms with E-state index in [1.54, 1.807) is 11.8 Å². The predicted octanol–water partition coefficient (Wildman–Crippen LogP) is 4.53. The summed E-state index contributed by atoms with van der Waals surface area (Å²) in [6.45, 7) is 0. The zero-order valence-corrected chi connectivity index (χ0v) is 11.8. The topological polar surface area (TPSA) is 37.3 Å². The second-order valence-corrected chi connectivity index (χ2v) is 5.97. The molecule has 0 aliphatic heterocycles. The average Bonchev–Trinajstić information content (AvgIpc) is 2.80. The van der Waals surface area contributed by atoms with E-state index in [2.05, 4.69) is 0 Å². The number of carboxylic acid groups (broad SMARTS) is 1. The highest BCUT2D eigenvalue weighted by atomic mass is 35.5. The molecule has 0 radical (unpaired) electrons. The van der Waals surface area contributed by atoms with Gasteiger partial charge in [-0.2, -0.15) is 11.8 Å². The molecule has 1 N–H and O–H groups in total. The first-order valence-corrected chi connectivity index (χ1v) is 7.70. The first-order chi connectivity index (χ1) is 8.68. The SMILES string of the molecule is O=C(O)c1sccc1CSCc1ccccc1Cl. The zero-order valence-electron chi connectivity index (χ0n) is 9.43. The number of thiophene rings is 1. The summed E-state index contributed by atoms with van der Waals surface area (Å²) < 4.78 is 0. The van der Waals surface area contributed by atoms with Crippen LogP contribution >= 0.6 is 34.7 Å². The molecular formula is C13H11ClO2S2. The molecule has 5 heteroatoms. The minimum Gasteiger partial charge on any atom is -0.477 e. The van der Waals surface area contributed by atoms with Crippen molar-refractivity contribution >= 4 is 40.7 Å². The number of carboxylic acids is 1. The molecule has 0 atom stereocenters. The van der Waals surface area contributed by atoms with Crippen LogP contribution in [0.15, 0.2) is 35.7 Å². The Morgan fingerprint density at radius 3 is 2.67 bits per heavy atom. The third kappa shape index (κ3) is 3.28. The second kappa shape index (κ2) is 6.27. The summed E-state index contributed by atoms with van der Waals surface area (Å²) in [5.74, 6) is 0.628. The van der Waals surface area contributed by atoms with Gasteiger partial charge in [0, 0.05) is 16.5 Å². The van der Waals surface area contributed by atoms with E-state index in [1.165, 1.54) is 11.3 Å². The van der Waals surface area contributed by atoms with E-state index in [4.69, 9.17) is 16.7 Å². The largest absolute Gasteiger partial charge is 0.477 e. The van der Waals surface area contributed by atoms with Gasteiger partial charge < -0.3 is 5.11 Å². The summed E-state index contributed by atoms with van der Waals surface area (Å²) in [4.78, 5) is 11.4. The lowest BCUT2D eigenvalue weighted by atomic mass is 10.2. The number of hydrogen-bond acceptors (Lipinski definition) is 3. The van der Waals surface area contributed by atoms with Gasteiger partial charge in [0.15, 0.2) is 0 Å². The van der Waals surface area contributed by atoms with Crippen molar-refractivity contribution in [2.45, 2.75) is 11.5 Å². The van der Waals surface area contributed by atoms with Gasteiger partial charge in [0.25, 0.3) is 0 Å². The molecule has 0 saturated heterocycles. The number of aromatic carboxylic acids is 1. The van der Waals surface area contributed by atoms with Crippen molar-refractivity contribution in [1.82, 2.24) is 0 Å². The van der Waals surface area contributed by atoms with Crippen molar-refractivity contribution in [3.8, 4) is 0 Å². The molecule has 2 rings (SSSR count). The van der Waals surface area contributed by atoms with Gasteiger partial charge in [0.2, 0.25) is 0 Å². The van der Waals surface area contributed by atoms with Crippen LogP contribution in [0.2, 0.25) is 5.02 Å². The Hall–Kier alpha value is -0.970. The number of halogens is 1. The summed E-state index contributed by atoms with van der Waals surface area (Å²) in [7, 11) is 0. The van der Waals surface area contributed by atoms with E-state index in [0.717, 1.165) is 21.9 Å². The molecule has 0 aliphatic rings. The molecular weight excluding hydrogens is 288 g/mol. The van der Waals surface area contributed by atoms with Crippen LogP contribution < -0.4 is 0 Å². The molecule has 2 aromatic rings. The molecule has 1 aromatic carbocycles. The Morgan fingerprint density at radius 2 is 1.94 bits per heavy atom. The Bertz CT molecular complexity index is 551. The Morgan fingerprint density at radius 1 is 1.22 bits per heavy atom. The zero-order chi connectivity index (χ0) is 13.0. The van der Waals surface area contributed by atoms with Crippen LogP contribution in [0.3, 0.4) is 0 Å². The molecule has 0 bridgehead atoms. The minimum absolute atomic E-state index is 0.432. The van der Waals surface area contributed by atoms with Gasteiger partial charge in [-0.05, 0) is 28.6 Å². The van der Waals surface area contributed by atoms with Crippen LogP contribution in [0.5, 0.6) is 0 Å². The van der Waals surface area contributed by atoms with Gasteiger partial charge in [0.05, 0.1) is 0 Å². The fourth-order valence-corrected chi connectivity index (χ4v) is 3.69. The number of benzene rings is 1. The average molecular weight is 299 g/mol. The van der Waals surface area contributed by atoms with E-state index in [9.17, 15) is 4.79 Å². The molecule has 94 valence electrons. The van der Waals surface area contributed by atoms with Crippen molar-refractivity contribution in [3.63, 3.8) is 0 Å². The Kier molecular flexibility index (Phi) is 4.69. The van der Waals surface area contributed by atoms with E-state index in [0.29, 0.717) is 10.6 Å². The van der Waals surface area contributed by atoms with E-state index >= 15 is 0 Å². The number of carbonyl (C=O) groups is 1. The molecule has 1 aromatic heterocycles. The van der Waals surface area contributed by atoms with Crippen LogP contribution in [-0.2, 0) is 11.5 Å². The molecule has 0 saturated carbocycles. The van der Waals surface area contributed by atoms with Crippen molar-refractivity contribution < 1.29 is 9.90 Å². The summed E-state index contributed by atoms with van der Waals surface area (Å²) in [6, 6.07) is 9.58. The highest BCUT2D eigenvalue weighted by Crippen LogP contribution is 2.26. The number of thioether (sulfide) groups is 1. The quantitative estimate of drug-likeness (QED) is 0.881. The van der Waals surface area contributed by atoms with Crippen molar-refractivity contribution in [3.05, 3.63) is 56.7 Å². The summed E-state index contributed by atoms with van der Waals surface area (Å²) in [5.41, 5.74) is 1.96. The summed E-state index contributed by atoms with van der Waals surface area (Å²) in [5, 5.41) is 11.6. The second-order valence-electron chi connectivity index (χ2n) is 3.66. The highest BCUT2D eigenvalue weighted by molar-refractivity contribution is 7.97. The predicted molar refractivity (Wildman–Crippen MR) is 77.7 cm³/mol. The van der Waals surface area contributed by atoms with Crippen LogP contribution in [0, 0.1) is 0 Å². The van der Waals surface area contributed by atoms with E-state index in [-0.39, 0.29) is 0 Å². The monoisotopic (exact) mass is 298 g/mol. The Balaban J connectivity index is 1.95. The lowest BCUT2D eigenvalue weighted by Crippen LogP contribution is -1.96. The fourth-order valence-electron chi connectivity index (χ4n) is 1.52. The molecule has 1 heterocycles. The standard InChI is InChI=1S/C13H11ClO2S2/c14-11-4-2-1-3-9(11)7-17-8-10-5-6-18-12(10)13(15)16/h1-6H,7-8H2,(H,15,16). The third-order valence-corrected chi connectivity index (χ3v) is 4.76. The van der Waals surface area contributed by atoms with Crippen molar-refractivity contribution in [2.24, 2.45) is 0 Å². The molecule has 0 fully saturated rings. The smallest absolute Gasteiger partial charge is 0.346 e. The van der Waals surface area contributed by atoms with Gasteiger partial charge in [-0.1, -0.05) is 29.8 Å². The molecule has 18 heavy (non-hydrogen) atoms. The summed E-state index contributed by atoms with van der Waals surface area (Å²) >= 11 is 9.00. The normalized spacial score (nSPS) is 10.5. The van der Waals surface area contributed by atoms with Gasteiger partial charge >= 0.3 is 5.97 Å². The molecule has 2 nitrogen and oxygen atoms in total. The van der Waals surface area contributed by atoms with Crippen molar-refractivity contribution in [1.29, 1.82) is 0 Å².